The molecule has 0 saturated heterocycles. The summed E-state index contributed by atoms with van der Waals surface area (Å²) in [6.07, 6.45) is -0.616. The topological polar surface area (TPSA) is 116 Å². The molecule has 120 valence electrons. The highest BCUT2D eigenvalue weighted by molar-refractivity contribution is 6.42. The van der Waals surface area contributed by atoms with Crippen LogP contribution in [-0.4, -0.2) is 34.7 Å². The van der Waals surface area contributed by atoms with Crippen molar-refractivity contribution in [1.29, 1.82) is 0 Å². The first-order valence-corrected chi connectivity index (χ1v) is 6.85. The molecule has 0 aliphatic heterocycles. The highest BCUT2D eigenvalue weighted by Gasteiger charge is 2.36. The van der Waals surface area contributed by atoms with Crippen LogP contribution >= 0.6 is 23.2 Å². The molecule has 0 radical (unpaired) electrons. The maximum absolute atomic E-state index is 11.7. The Bertz CT molecular complexity index is 608. The molecule has 0 saturated carbocycles. The van der Waals surface area contributed by atoms with E-state index in [1.54, 1.807) is 0 Å². The Balaban J connectivity index is 2.66. The van der Waals surface area contributed by atoms with Gasteiger partial charge in [-0.2, -0.15) is 0 Å². The standard InChI is InChI=1S/C13H14Cl2N2O5/c1-13(11(20)21,5-10(18)19)6-16-12(22)17-7-2-3-8(14)9(15)4-7/h2-4H,5-6H2,1H3,(H,18,19)(H,20,21)(H2,16,17,22). The van der Waals surface area contributed by atoms with Crippen LogP contribution in [0.3, 0.4) is 0 Å². The van der Waals surface area contributed by atoms with E-state index < -0.39 is 29.8 Å². The highest BCUT2D eigenvalue weighted by Crippen LogP contribution is 2.25. The summed E-state index contributed by atoms with van der Waals surface area (Å²) in [6.45, 7) is 0.894. The van der Waals surface area contributed by atoms with Crippen LogP contribution in [0.1, 0.15) is 13.3 Å². The third-order valence-corrected chi connectivity index (χ3v) is 3.61. The van der Waals surface area contributed by atoms with Gasteiger partial charge in [-0.15, -0.1) is 0 Å². The molecule has 0 bridgehead atoms. The van der Waals surface area contributed by atoms with E-state index in [2.05, 4.69) is 10.6 Å². The molecule has 1 aromatic rings. The van der Waals surface area contributed by atoms with Gasteiger partial charge in [-0.3, -0.25) is 9.59 Å². The molecule has 0 heterocycles. The lowest BCUT2D eigenvalue weighted by Crippen LogP contribution is -2.43. The minimum Gasteiger partial charge on any atom is -0.481 e. The first-order chi connectivity index (χ1) is 10.1. The number of carboxylic acid groups (broad SMARTS) is 2. The molecule has 0 aliphatic carbocycles. The molecule has 4 N–H and O–H groups in total. The monoisotopic (exact) mass is 348 g/mol. The Morgan fingerprint density at radius 1 is 1.18 bits per heavy atom. The Kier molecular flexibility index (Phi) is 6.01. The third kappa shape index (κ3) is 5.09. The van der Waals surface area contributed by atoms with Crippen molar-refractivity contribution in [2.45, 2.75) is 13.3 Å². The molecule has 7 nitrogen and oxygen atoms in total. The largest absolute Gasteiger partial charge is 0.481 e. The van der Waals surface area contributed by atoms with Gasteiger partial charge < -0.3 is 20.8 Å². The first kappa shape index (κ1) is 18.1. The van der Waals surface area contributed by atoms with Crippen molar-refractivity contribution in [2.24, 2.45) is 5.41 Å². The quantitative estimate of drug-likeness (QED) is 0.630. The fourth-order valence-corrected chi connectivity index (χ4v) is 1.87. The van der Waals surface area contributed by atoms with Crippen molar-refractivity contribution in [2.75, 3.05) is 11.9 Å². The fraction of sp³-hybridized carbons (Fsp3) is 0.308. The number of rotatable bonds is 6. The van der Waals surface area contributed by atoms with E-state index >= 15 is 0 Å². The van der Waals surface area contributed by atoms with Gasteiger partial charge in [0.2, 0.25) is 0 Å². The van der Waals surface area contributed by atoms with Gasteiger partial charge in [0.15, 0.2) is 0 Å². The van der Waals surface area contributed by atoms with E-state index in [1.807, 2.05) is 0 Å². The van der Waals surface area contributed by atoms with Gasteiger partial charge in [0.05, 0.1) is 21.9 Å². The number of hydrogen-bond donors (Lipinski definition) is 4. The number of halogens is 2. The highest BCUT2D eigenvalue weighted by atomic mass is 35.5. The molecule has 22 heavy (non-hydrogen) atoms. The van der Waals surface area contributed by atoms with Crippen LogP contribution in [-0.2, 0) is 9.59 Å². The van der Waals surface area contributed by atoms with Gasteiger partial charge in [0, 0.05) is 12.2 Å². The minimum atomic E-state index is -1.61. The molecule has 1 atom stereocenters. The Morgan fingerprint density at radius 2 is 1.82 bits per heavy atom. The molecule has 0 aliphatic rings. The molecule has 0 aromatic heterocycles. The number of carboxylic acids is 2. The predicted molar refractivity (Wildman–Crippen MR) is 81.5 cm³/mol. The van der Waals surface area contributed by atoms with Crippen molar-refractivity contribution in [3.63, 3.8) is 0 Å². The molecule has 0 fully saturated rings. The van der Waals surface area contributed by atoms with Crippen molar-refractivity contribution in [1.82, 2.24) is 5.32 Å². The summed E-state index contributed by atoms with van der Waals surface area (Å²) in [5.74, 6) is -2.58. The second kappa shape index (κ2) is 7.33. The normalized spacial score (nSPS) is 13.0. The van der Waals surface area contributed by atoms with E-state index in [-0.39, 0.29) is 11.6 Å². The number of aliphatic carboxylic acids is 2. The first-order valence-electron chi connectivity index (χ1n) is 6.09. The molecule has 0 spiro atoms. The van der Waals surface area contributed by atoms with Crippen LogP contribution in [0.4, 0.5) is 10.5 Å². The van der Waals surface area contributed by atoms with E-state index in [0.717, 1.165) is 0 Å². The lowest BCUT2D eigenvalue weighted by Gasteiger charge is -2.23. The SMILES string of the molecule is CC(CNC(=O)Nc1ccc(Cl)c(Cl)c1)(CC(=O)O)C(=O)O. The summed E-state index contributed by atoms with van der Waals surface area (Å²) in [7, 11) is 0. The van der Waals surface area contributed by atoms with Gasteiger partial charge in [0.25, 0.3) is 0 Å². The van der Waals surface area contributed by atoms with Gasteiger partial charge >= 0.3 is 18.0 Å². The average molecular weight is 349 g/mol. The van der Waals surface area contributed by atoms with Crippen LogP contribution in [0.5, 0.6) is 0 Å². The Morgan fingerprint density at radius 3 is 2.32 bits per heavy atom. The van der Waals surface area contributed by atoms with Crippen LogP contribution in [0.15, 0.2) is 18.2 Å². The number of carbonyl (C=O) groups excluding carboxylic acids is 1. The zero-order valence-corrected chi connectivity index (χ0v) is 13.0. The lowest BCUT2D eigenvalue weighted by molar-refractivity contribution is -0.154. The van der Waals surface area contributed by atoms with E-state index in [4.69, 9.17) is 33.4 Å². The van der Waals surface area contributed by atoms with Crippen molar-refractivity contribution < 1.29 is 24.6 Å². The van der Waals surface area contributed by atoms with Crippen molar-refractivity contribution in [3.8, 4) is 0 Å². The van der Waals surface area contributed by atoms with Crippen LogP contribution in [0.2, 0.25) is 10.0 Å². The van der Waals surface area contributed by atoms with Gasteiger partial charge in [-0.25, -0.2) is 4.79 Å². The van der Waals surface area contributed by atoms with Gasteiger partial charge in [0.1, 0.15) is 0 Å². The smallest absolute Gasteiger partial charge is 0.319 e. The predicted octanol–water partition coefficient (Wildman–Crippen LogP) is 2.68. The van der Waals surface area contributed by atoms with Gasteiger partial charge in [-0.1, -0.05) is 23.2 Å². The Labute approximate surface area is 136 Å². The number of urea groups is 1. The summed E-state index contributed by atoms with van der Waals surface area (Å²) in [6, 6.07) is 3.75. The molecular weight excluding hydrogens is 335 g/mol. The van der Waals surface area contributed by atoms with Crippen LogP contribution < -0.4 is 10.6 Å². The number of hydrogen-bond acceptors (Lipinski definition) is 3. The maximum atomic E-state index is 11.7. The van der Waals surface area contributed by atoms with E-state index in [9.17, 15) is 14.4 Å². The summed E-state index contributed by atoms with van der Waals surface area (Å²) in [5.41, 5.74) is -1.25. The second-order valence-corrected chi connectivity index (χ2v) is 5.69. The molecule has 1 rings (SSSR count). The molecule has 1 unspecified atom stereocenters. The maximum Gasteiger partial charge on any atom is 0.319 e. The summed E-state index contributed by atoms with van der Waals surface area (Å²) >= 11 is 11.5. The average Bonchev–Trinajstić information content (AvgIpc) is 2.40. The van der Waals surface area contributed by atoms with Crippen LogP contribution in [0, 0.1) is 5.41 Å². The molecule has 1 aromatic carbocycles. The number of amides is 2. The number of benzene rings is 1. The minimum absolute atomic E-state index is 0.251. The second-order valence-electron chi connectivity index (χ2n) is 4.87. The summed E-state index contributed by atoms with van der Waals surface area (Å²) in [4.78, 5) is 33.6. The molecule has 9 heteroatoms. The number of nitrogens with one attached hydrogen (secondary N) is 2. The molecular formula is C13H14Cl2N2O5. The fourth-order valence-electron chi connectivity index (χ4n) is 1.57. The summed E-state index contributed by atoms with van der Waals surface area (Å²) < 4.78 is 0. The van der Waals surface area contributed by atoms with Crippen LogP contribution in [0.25, 0.3) is 0 Å². The number of anilines is 1. The van der Waals surface area contributed by atoms with Crippen molar-refractivity contribution >= 4 is 46.9 Å². The number of carbonyl (C=O) groups is 3. The lowest BCUT2D eigenvalue weighted by atomic mass is 9.87. The zero-order valence-electron chi connectivity index (χ0n) is 11.5. The zero-order chi connectivity index (χ0) is 16.9. The van der Waals surface area contributed by atoms with E-state index in [0.29, 0.717) is 10.7 Å². The third-order valence-electron chi connectivity index (χ3n) is 2.87. The Hall–Kier alpha value is -1.99. The summed E-state index contributed by atoms with van der Waals surface area (Å²) in [5, 5.41) is 23.2. The van der Waals surface area contributed by atoms with Crippen molar-refractivity contribution in [3.05, 3.63) is 28.2 Å². The molecule has 2 amide bonds. The van der Waals surface area contributed by atoms with E-state index in [1.165, 1.54) is 25.1 Å². The van der Waals surface area contributed by atoms with Gasteiger partial charge in [-0.05, 0) is 25.1 Å².